The fraction of sp³-hybridized carbons (Fsp3) is 0.350. The molecule has 1 N–H and O–H groups in total. The molecule has 0 radical (unpaired) electrons. The zero-order valence-electron chi connectivity index (χ0n) is 13.0. The van der Waals surface area contributed by atoms with Crippen molar-refractivity contribution in [3.05, 3.63) is 71.8 Å². The van der Waals surface area contributed by atoms with E-state index in [1.807, 2.05) is 0 Å². The normalized spacial score (nSPS) is 34.6. The third kappa shape index (κ3) is 1.96. The van der Waals surface area contributed by atoms with Gasteiger partial charge in [0.15, 0.2) is 6.10 Å². The van der Waals surface area contributed by atoms with Gasteiger partial charge in [-0.3, -0.25) is 5.32 Å². The SMILES string of the molecule is c1ccc(C2N[C@]23CCC[C@@H]2C3=NO[C@H]2c2ccccc2)cc1. The van der Waals surface area contributed by atoms with Crippen LogP contribution in [0.2, 0.25) is 0 Å². The van der Waals surface area contributed by atoms with E-state index in [1.165, 1.54) is 29.7 Å². The molecule has 116 valence electrons. The van der Waals surface area contributed by atoms with Gasteiger partial charge in [-0.2, -0.15) is 0 Å². The molecule has 1 spiro atoms. The van der Waals surface area contributed by atoms with Crippen LogP contribution in [-0.4, -0.2) is 11.3 Å². The Hall–Kier alpha value is -2.13. The standard InChI is InChI=1S/C20H20N2O/c1-3-8-14(9-4-1)17-16-12-7-13-20(19(16)22-23-17)18(21-20)15-10-5-2-6-11-15/h1-6,8-11,16-18,21H,7,12-13H2/t16-,17-,18?,20+/m0/s1. The first-order valence-electron chi connectivity index (χ1n) is 8.50. The van der Waals surface area contributed by atoms with E-state index in [0.29, 0.717) is 12.0 Å². The number of rotatable bonds is 2. The van der Waals surface area contributed by atoms with Crippen LogP contribution in [0.4, 0.5) is 0 Å². The number of benzene rings is 2. The van der Waals surface area contributed by atoms with Gasteiger partial charge >= 0.3 is 0 Å². The van der Waals surface area contributed by atoms with Crippen molar-refractivity contribution in [1.29, 1.82) is 0 Å². The third-order valence-corrected chi connectivity index (χ3v) is 5.60. The summed E-state index contributed by atoms with van der Waals surface area (Å²) < 4.78 is 0. The van der Waals surface area contributed by atoms with Gasteiger partial charge in [-0.1, -0.05) is 72.2 Å². The highest BCUT2D eigenvalue weighted by Crippen LogP contribution is 2.54. The fourth-order valence-electron chi connectivity index (χ4n) is 4.43. The van der Waals surface area contributed by atoms with E-state index in [2.05, 4.69) is 71.1 Å². The van der Waals surface area contributed by atoms with Crippen LogP contribution in [0.1, 0.15) is 42.5 Å². The van der Waals surface area contributed by atoms with Crippen LogP contribution in [0.3, 0.4) is 0 Å². The summed E-state index contributed by atoms with van der Waals surface area (Å²) >= 11 is 0. The van der Waals surface area contributed by atoms with Gasteiger partial charge in [0.2, 0.25) is 0 Å². The lowest BCUT2D eigenvalue weighted by Crippen LogP contribution is -2.38. The minimum Gasteiger partial charge on any atom is -0.387 e. The summed E-state index contributed by atoms with van der Waals surface area (Å²) in [5.41, 5.74) is 3.88. The second-order valence-corrected chi connectivity index (χ2v) is 6.87. The van der Waals surface area contributed by atoms with Crippen molar-refractivity contribution in [3.63, 3.8) is 0 Å². The molecular formula is C20H20N2O. The van der Waals surface area contributed by atoms with Gasteiger partial charge in [-0.25, -0.2) is 0 Å². The molecule has 1 aliphatic carbocycles. The molecule has 3 aliphatic rings. The van der Waals surface area contributed by atoms with Crippen molar-refractivity contribution in [2.75, 3.05) is 0 Å². The summed E-state index contributed by atoms with van der Waals surface area (Å²) in [6.07, 6.45) is 3.64. The largest absolute Gasteiger partial charge is 0.387 e. The van der Waals surface area contributed by atoms with Crippen molar-refractivity contribution in [3.8, 4) is 0 Å². The highest BCUT2D eigenvalue weighted by molar-refractivity contribution is 6.01. The first-order chi connectivity index (χ1) is 11.4. The maximum Gasteiger partial charge on any atom is 0.160 e. The van der Waals surface area contributed by atoms with Crippen molar-refractivity contribution in [2.24, 2.45) is 11.1 Å². The van der Waals surface area contributed by atoms with Crippen molar-refractivity contribution >= 4 is 5.71 Å². The van der Waals surface area contributed by atoms with Crippen LogP contribution >= 0.6 is 0 Å². The molecule has 2 aromatic rings. The summed E-state index contributed by atoms with van der Waals surface area (Å²) in [4.78, 5) is 5.89. The molecular weight excluding hydrogens is 284 g/mol. The van der Waals surface area contributed by atoms with Gasteiger partial charge < -0.3 is 4.84 Å². The lowest BCUT2D eigenvalue weighted by molar-refractivity contribution is 0.0585. The average molecular weight is 304 g/mol. The van der Waals surface area contributed by atoms with Crippen LogP contribution in [-0.2, 0) is 4.84 Å². The second kappa shape index (κ2) is 4.93. The molecule has 3 heteroatoms. The molecule has 2 aromatic carbocycles. The second-order valence-electron chi connectivity index (χ2n) is 6.87. The molecule has 2 aliphatic heterocycles. The van der Waals surface area contributed by atoms with E-state index in [1.54, 1.807) is 0 Å². The summed E-state index contributed by atoms with van der Waals surface area (Å²) in [5, 5.41) is 8.29. The Kier molecular flexibility index (Phi) is 2.86. The van der Waals surface area contributed by atoms with Crippen molar-refractivity contribution < 1.29 is 4.84 Å². The first-order valence-corrected chi connectivity index (χ1v) is 8.50. The number of hydrogen-bond donors (Lipinski definition) is 1. The van der Waals surface area contributed by atoms with Crippen molar-refractivity contribution in [1.82, 2.24) is 5.32 Å². The maximum atomic E-state index is 5.89. The maximum absolute atomic E-state index is 5.89. The Morgan fingerprint density at radius 3 is 2.39 bits per heavy atom. The number of oxime groups is 1. The van der Waals surface area contributed by atoms with Crippen LogP contribution in [0.15, 0.2) is 65.8 Å². The van der Waals surface area contributed by atoms with Crippen LogP contribution in [0, 0.1) is 5.92 Å². The first kappa shape index (κ1) is 13.3. The average Bonchev–Trinajstić information content (AvgIpc) is 3.15. The highest BCUT2D eigenvalue weighted by atomic mass is 16.6. The molecule has 0 aromatic heterocycles. The Labute approximate surface area is 136 Å². The topological polar surface area (TPSA) is 43.5 Å². The molecule has 23 heavy (non-hydrogen) atoms. The predicted octanol–water partition coefficient (Wildman–Crippen LogP) is 4.00. The number of fused-ring (bicyclic) bond motifs is 2. The summed E-state index contributed by atoms with van der Waals surface area (Å²) in [6, 6.07) is 21.6. The molecule has 1 saturated heterocycles. The summed E-state index contributed by atoms with van der Waals surface area (Å²) in [5.74, 6) is 0.410. The smallest absolute Gasteiger partial charge is 0.160 e. The predicted molar refractivity (Wildman–Crippen MR) is 90.1 cm³/mol. The lowest BCUT2D eigenvalue weighted by atomic mass is 9.73. The quantitative estimate of drug-likeness (QED) is 0.852. The highest BCUT2D eigenvalue weighted by Gasteiger charge is 2.63. The van der Waals surface area contributed by atoms with E-state index >= 15 is 0 Å². The molecule has 1 saturated carbocycles. The Bertz CT molecular complexity index is 743. The molecule has 4 atom stereocenters. The van der Waals surface area contributed by atoms with Gasteiger partial charge in [0.1, 0.15) is 0 Å². The van der Waals surface area contributed by atoms with E-state index in [-0.39, 0.29) is 11.6 Å². The van der Waals surface area contributed by atoms with Crippen LogP contribution in [0.25, 0.3) is 0 Å². The van der Waals surface area contributed by atoms with Crippen LogP contribution < -0.4 is 5.32 Å². The Morgan fingerprint density at radius 2 is 1.65 bits per heavy atom. The molecule has 1 unspecified atom stereocenters. The zero-order valence-corrected chi connectivity index (χ0v) is 13.0. The number of nitrogens with zero attached hydrogens (tertiary/aromatic N) is 1. The number of hydrogen-bond acceptors (Lipinski definition) is 3. The van der Waals surface area contributed by atoms with Gasteiger partial charge in [-0.15, -0.1) is 0 Å². The van der Waals surface area contributed by atoms with Gasteiger partial charge in [0, 0.05) is 5.92 Å². The molecule has 2 fully saturated rings. The monoisotopic (exact) mass is 304 g/mol. The summed E-state index contributed by atoms with van der Waals surface area (Å²) in [6.45, 7) is 0. The number of nitrogens with one attached hydrogen (secondary N) is 1. The molecule has 5 rings (SSSR count). The van der Waals surface area contributed by atoms with E-state index in [9.17, 15) is 0 Å². The molecule has 3 nitrogen and oxygen atoms in total. The Morgan fingerprint density at radius 1 is 0.957 bits per heavy atom. The molecule has 0 amide bonds. The van der Waals surface area contributed by atoms with E-state index in [4.69, 9.17) is 4.84 Å². The van der Waals surface area contributed by atoms with Crippen LogP contribution in [0.5, 0.6) is 0 Å². The third-order valence-electron chi connectivity index (χ3n) is 5.60. The Balaban J connectivity index is 1.45. The minimum atomic E-state index is 0.0355. The molecule has 0 bridgehead atoms. The van der Waals surface area contributed by atoms with E-state index < -0.39 is 0 Å². The van der Waals surface area contributed by atoms with Gasteiger partial charge in [0.05, 0.1) is 17.3 Å². The van der Waals surface area contributed by atoms with Crippen molar-refractivity contribution in [2.45, 2.75) is 36.9 Å². The van der Waals surface area contributed by atoms with Gasteiger partial charge in [0.25, 0.3) is 0 Å². The lowest BCUT2D eigenvalue weighted by Gasteiger charge is -2.28. The van der Waals surface area contributed by atoms with E-state index in [0.717, 1.165) is 6.42 Å². The minimum absolute atomic E-state index is 0.0355. The summed E-state index contributed by atoms with van der Waals surface area (Å²) in [7, 11) is 0. The molecule has 2 heterocycles. The fourth-order valence-corrected chi connectivity index (χ4v) is 4.43. The van der Waals surface area contributed by atoms with Gasteiger partial charge in [-0.05, 0) is 24.0 Å². The zero-order chi connectivity index (χ0) is 15.3.